The normalized spacial score (nSPS) is 42.9. The fraction of sp³-hybridized carbons (Fsp3) is 0.917. The van der Waals surface area contributed by atoms with Crippen LogP contribution in [-0.2, 0) is 9.59 Å². The van der Waals surface area contributed by atoms with E-state index in [1.807, 2.05) is 0 Å². The van der Waals surface area contributed by atoms with E-state index in [1.54, 1.807) is 0 Å². The monoisotopic (exact) mass is 434 g/mol. The number of halogens is 1. The standard InChI is InChI=1S/C24H39FN4O2/c1-15-5-6-19(25)18-14-20(28-21(15)18)22(30)27-16-3-2-4-17(13-16)29-11-8-24(9-12-29)7-10-26-23(24)31/h15-21,28H,2-14H2,1H3,(H,26,31)(H,27,30)/t15?,16-,17?,18?,19?,20?,21?/m1/s1. The molecule has 0 radical (unpaired) electrons. The van der Waals surface area contributed by atoms with E-state index >= 15 is 0 Å². The number of carbonyl (C=O) groups excluding carboxylic acids is 2. The molecule has 5 rings (SSSR count). The molecule has 5 fully saturated rings. The Balaban J connectivity index is 1.13. The summed E-state index contributed by atoms with van der Waals surface area (Å²) < 4.78 is 14.4. The van der Waals surface area contributed by atoms with Crippen LogP contribution in [-0.4, -0.2) is 66.7 Å². The fourth-order valence-corrected chi connectivity index (χ4v) is 7.24. The minimum Gasteiger partial charge on any atom is -0.356 e. The molecule has 3 heterocycles. The van der Waals surface area contributed by atoms with E-state index in [0.29, 0.717) is 24.8 Å². The Kier molecular flexibility index (Phi) is 6.01. The van der Waals surface area contributed by atoms with E-state index in [1.165, 1.54) is 6.42 Å². The van der Waals surface area contributed by atoms with Crippen LogP contribution in [0.15, 0.2) is 0 Å². The van der Waals surface area contributed by atoms with Gasteiger partial charge in [-0.15, -0.1) is 0 Å². The number of likely N-dealkylation sites (tertiary alicyclic amines) is 1. The molecule has 2 saturated carbocycles. The number of carbonyl (C=O) groups is 2. The first-order valence-electron chi connectivity index (χ1n) is 12.7. The lowest BCUT2D eigenvalue weighted by Gasteiger charge is -2.44. The van der Waals surface area contributed by atoms with Crippen LogP contribution in [0.1, 0.15) is 71.1 Å². The Hall–Kier alpha value is -1.21. The van der Waals surface area contributed by atoms with Crippen molar-refractivity contribution in [3.8, 4) is 0 Å². The van der Waals surface area contributed by atoms with Crippen molar-refractivity contribution < 1.29 is 14.0 Å². The lowest BCUT2D eigenvalue weighted by Crippen LogP contribution is -2.53. The van der Waals surface area contributed by atoms with Crippen LogP contribution >= 0.6 is 0 Å². The molecule has 174 valence electrons. The number of hydrogen-bond donors (Lipinski definition) is 3. The Labute approximate surface area is 185 Å². The van der Waals surface area contributed by atoms with Crippen LogP contribution in [0.4, 0.5) is 4.39 Å². The number of hydrogen-bond acceptors (Lipinski definition) is 4. The Morgan fingerprint density at radius 2 is 1.94 bits per heavy atom. The van der Waals surface area contributed by atoms with Crippen LogP contribution in [0.2, 0.25) is 0 Å². The summed E-state index contributed by atoms with van der Waals surface area (Å²) in [6, 6.07) is 0.604. The highest BCUT2D eigenvalue weighted by atomic mass is 19.1. The predicted octanol–water partition coefficient (Wildman–Crippen LogP) is 2.13. The van der Waals surface area contributed by atoms with Crippen molar-refractivity contribution in [1.82, 2.24) is 20.9 Å². The molecule has 0 aromatic rings. The molecule has 0 aromatic heterocycles. The molecule has 0 aromatic carbocycles. The molecule has 0 bridgehead atoms. The van der Waals surface area contributed by atoms with Crippen molar-refractivity contribution in [1.29, 1.82) is 0 Å². The second-order valence-corrected chi connectivity index (χ2v) is 11.1. The van der Waals surface area contributed by atoms with Crippen LogP contribution in [0, 0.1) is 17.3 Å². The van der Waals surface area contributed by atoms with Gasteiger partial charge in [0.1, 0.15) is 6.17 Å². The van der Waals surface area contributed by atoms with Crippen molar-refractivity contribution in [2.75, 3.05) is 19.6 Å². The first kappa shape index (κ1) is 21.6. The van der Waals surface area contributed by atoms with Crippen LogP contribution in [0.5, 0.6) is 0 Å². The second kappa shape index (κ2) is 8.62. The number of fused-ring (bicyclic) bond motifs is 1. The Morgan fingerprint density at radius 3 is 2.65 bits per heavy atom. The summed E-state index contributed by atoms with van der Waals surface area (Å²) >= 11 is 0. The average Bonchev–Trinajstić information content (AvgIpc) is 3.37. The van der Waals surface area contributed by atoms with Crippen molar-refractivity contribution in [3.05, 3.63) is 0 Å². The zero-order valence-corrected chi connectivity index (χ0v) is 18.9. The molecule has 3 aliphatic heterocycles. The summed E-state index contributed by atoms with van der Waals surface area (Å²) in [4.78, 5) is 27.8. The maximum absolute atomic E-state index is 14.4. The molecule has 7 heteroatoms. The molecule has 2 amide bonds. The number of alkyl halides is 1. The van der Waals surface area contributed by atoms with Gasteiger partial charge in [-0.2, -0.15) is 0 Å². The number of nitrogens with one attached hydrogen (secondary N) is 3. The van der Waals surface area contributed by atoms with E-state index in [2.05, 4.69) is 27.8 Å². The largest absolute Gasteiger partial charge is 0.356 e. The molecular weight excluding hydrogens is 395 g/mol. The number of amides is 2. The van der Waals surface area contributed by atoms with Crippen molar-refractivity contribution in [2.24, 2.45) is 17.3 Å². The third-order valence-electron chi connectivity index (χ3n) is 9.29. The van der Waals surface area contributed by atoms with Gasteiger partial charge in [0.2, 0.25) is 11.8 Å². The van der Waals surface area contributed by atoms with Crippen molar-refractivity contribution in [2.45, 2.75) is 101 Å². The molecular formula is C24H39FN4O2. The van der Waals surface area contributed by atoms with Gasteiger partial charge in [-0.25, -0.2) is 4.39 Å². The lowest BCUT2D eigenvalue weighted by molar-refractivity contribution is -0.130. The first-order chi connectivity index (χ1) is 14.9. The summed E-state index contributed by atoms with van der Waals surface area (Å²) in [5.74, 6) is 0.764. The van der Waals surface area contributed by atoms with Crippen LogP contribution in [0.25, 0.3) is 0 Å². The molecule has 7 atom stereocenters. The fourth-order valence-electron chi connectivity index (χ4n) is 7.24. The van der Waals surface area contributed by atoms with Gasteiger partial charge in [0.25, 0.3) is 0 Å². The number of piperidine rings is 1. The van der Waals surface area contributed by atoms with E-state index in [-0.39, 0.29) is 41.3 Å². The van der Waals surface area contributed by atoms with Crippen molar-refractivity contribution >= 4 is 11.8 Å². The van der Waals surface area contributed by atoms with Gasteiger partial charge < -0.3 is 20.9 Å². The predicted molar refractivity (Wildman–Crippen MR) is 117 cm³/mol. The van der Waals surface area contributed by atoms with Crippen LogP contribution < -0.4 is 16.0 Å². The maximum Gasteiger partial charge on any atom is 0.237 e. The molecule has 6 unspecified atom stereocenters. The summed E-state index contributed by atoms with van der Waals surface area (Å²) in [6.45, 7) is 4.99. The lowest BCUT2D eigenvalue weighted by atomic mass is 9.76. The van der Waals surface area contributed by atoms with Gasteiger partial charge in [-0.1, -0.05) is 6.92 Å². The van der Waals surface area contributed by atoms with Gasteiger partial charge in [-0.05, 0) is 83.2 Å². The number of rotatable bonds is 3. The Bertz CT molecular complexity index is 677. The highest BCUT2D eigenvalue weighted by Gasteiger charge is 2.47. The highest BCUT2D eigenvalue weighted by Crippen LogP contribution is 2.40. The molecule has 31 heavy (non-hydrogen) atoms. The summed E-state index contributed by atoms with van der Waals surface area (Å²) in [5.41, 5.74) is -0.116. The summed E-state index contributed by atoms with van der Waals surface area (Å²) in [6.07, 6.45) is 8.66. The van der Waals surface area contributed by atoms with Gasteiger partial charge in [0, 0.05) is 30.6 Å². The third kappa shape index (κ3) is 4.12. The zero-order chi connectivity index (χ0) is 21.6. The summed E-state index contributed by atoms with van der Waals surface area (Å²) in [5, 5.41) is 9.80. The number of nitrogens with zero attached hydrogens (tertiary/aromatic N) is 1. The minimum absolute atomic E-state index is 0.00735. The molecule has 2 aliphatic carbocycles. The third-order valence-corrected chi connectivity index (χ3v) is 9.29. The summed E-state index contributed by atoms with van der Waals surface area (Å²) in [7, 11) is 0. The second-order valence-electron chi connectivity index (χ2n) is 11.1. The van der Waals surface area contributed by atoms with E-state index < -0.39 is 6.17 Å². The van der Waals surface area contributed by atoms with Gasteiger partial charge in [0.15, 0.2) is 0 Å². The first-order valence-corrected chi connectivity index (χ1v) is 12.7. The molecule has 3 N–H and O–H groups in total. The van der Waals surface area contributed by atoms with Gasteiger partial charge in [0.05, 0.1) is 11.5 Å². The maximum atomic E-state index is 14.4. The highest BCUT2D eigenvalue weighted by molar-refractivity contribution is 5.84. The molecule has 3 saturated heterocycles. The minimum atomic E-state index is -0.769. The molecule has 1 spiro atoms. The van der Waals surface area contributed by atoms with E-state index in [0.717, 1.165) is 64.6 Å². The smallest absolute Gasteiger partial charge is 0.237 e. The van der Waals surface area contributed by atoms with Gasteiger partial charge >= 0.3 is 0 Å². The zero-order valence-electron chi connectivity index (χ0n) is 18.9. The average molecular weight is 435 g/mol. The molecule has 6 nitrogen and oxygen atoms in total. The Morgan fingerprint density at radius 1 is 1.13 bits per heavy atom. The molecule has 5 aliphatic rings. The van der Waals surface area contributed by atoms with Crippen molar-refractivity contribution in [3.63, 3.8) is 0 Å². The topological polar surface area (TPSA) is 73.5 Å². The van der Waals surface area contributed by atoms with E-state index in [4.69, 9.17) is 0 Å². The quantitative estimate of drug-likeness (QED) is 0.636. The van der Waals surface area contributed by atoms with Gasteiger partial charge in [-0.3, -0.25) is 9.59 Å². The SMILES string of the molecule is CC1CCC(F)C2CC(C(=O)N[C@@H]3CCCC(N4CCC5(CCNC5=O)CC4)C3)NC12. The van der Waals surface area contributed by atoms with E-state index in [9.17, 15) is 14.0 Å². The van der Waals surface area contributed by atoms with Crippen LogP contribution in [0.3, 0.4) is 0 Å².